The number of carbonyl (C=O) groups excluding carboxylic acids is 2. The van der Waals surface area contributed by atoms with Crippen molar-refractivity contribution >= 4 is 23.6 Å². The number of hydrogen-bond acceptors (Lipinski definition) is 3. The van der Waals surface area contributed by atoms with Gasteiger partial charge < -0.3 is 10.2 Å². The predicted octanol–water partition coefficient (Wildman–Crippen LogP) is 2.22. The molecule has 1 N–H and O–H groups in total. The molecule has 0 radical (unpaired) electrons. The van der Waals surface area contributed by atoms with Crippen LogP contribution in [-0.4, -0.2) is 40.8 Å². The largest absolute Gasteiger partial charge is 0.340 e. The Kier molecular flexibility index (Phi) is 5.67. The highest BCUT2D eigenvalue weighted by Crippen LogP contribution is 2.22. The van der Waals surface area contributed by atoms with Crippen LogP contribution in [0.15, 0.2) is 30.3 Å². The number of thioether (sulfide) groups is 1. The average molecular weight is 306 g/mol. The van der Waals surface area contributed by atoms with Crippen molar-refractivity contribution in [3.8, 4) is 0 Å². The van der Waals surface area contributed by atoms with Crippen LogP contribution in [0.3, 0.4) is 0 Å². The predicted molar refractivity (Wildman–Crippen MR) is 86.1 cm³/mol. The Morgan fingerprint density at radius 3 is 2.67 bits per heavy atom. The second-order valence-corrected chi connectivity index (χ2v) is 6.59. The molecule has 0 spiro atoms. The van der Waals surface area contributed by atoms with Crippen molar-refractivity contribution < 1.29 is 9.59 Å². The molecule has 2 amide bonds. The summed E-state index contributed by atoms with van der Waals surface area (Å²) in [6.07, 6.45) is 0.367. The summed E-state index contributed by atoms with van der Waals surface area (Å²) in [5.41, 5.74) is 0.845. The van der Waals surface area contributed by atoms with Gasteiger partial charge in [0, 0.05) is 24.8 Å². The van der Waals surface area contributed by atoms with Gasteiger partial charge in [-0.05, 0) is 18.2 Å². The van der Waals surface area contributed by atoms with Gasteiger partial charge in [-0.15, -0.1) is 0 Å². The molecule has 21 heavy (non-hydrogen) atoms. The first-order valence-corrected chi connectivity index (χ1v) is 8.51. The summed E-state index contributed by atoms with van der Waals surface area (Å²) in [4.78, 5) is 26.6. The minimum atomic E-state index is -0.560. The van der Waals surface area contributed by atoms with Crippen LogP contribution in [0.5, 0.6) is 0 Å². The first kappa shape index (κ1) is 15.9. The highest BCUT2D eigenvalue weighted by Gasteiger charge is 2.34. The molecule has 4 nitrogen and oxygen atoms in total. The van der Waals surface area contributed by atoms with Crippen molar-refractivity contribution in [3.63, 3.8) is 0 Å². The quantitative estimate of drug-likeness (QED) is 0.849. The average Bonchev–Trinajstić information content (AvgIpc) is 2.59. The highest BCUT2D eigenvalue weighted by molar-refractivity contribution is 7.99. The summed E-state index contributed by atoms with van der Waals surface area (Å²) in [7, 11) is 0. The number of hydrogen-bond donors (Lipinski definition) is 1. The molecule has 0 saturated carbocycles. The molecule has 1 fully saturated rings. The van der Waals surface area contributed by atoms with Crippen molar-refractivity contribution in [2.45, 2.75) is 32.4 Å². The molecule has 1 heterocycles. The maximum Gasteiger partial charge on any atom is 0.250 e. The molecule has 2 unspecified atom stereocenters. The van der Waals surface area contributed by atoms with Gasteiger partial charge in [0.2, 0.25) is 11.8 Å². The SMILES string of the molecule is CCSCCN1C(=O)C(c2ccccc2)NC(=O)CC1C. The van der Waals surface area contributed by atoms with Crippen molar-refractivity contribution in [1.82, 2.24) is 10.2 Å². The zero-order valence-corrected chi connectivity index (χ0v) is 13.4. The molecule has 2 atom stereocenters. The summed E-state index contributed by atoms with van der Waals surface area (Å²) in [6, 6.07) is 8.85. The molecule has 2 rings (SSSR count). The molecule has 1 aliphatic heterocycles. The van der Waals surface area contributed by atoms with E-state index >= 15 is 0 Å². The molecular formula is C16H22N2O2S. The number of nitrogens with one attached hydrogen (secondary N) is 1. The van der Waals surface area contributed by atoms with E-state index in [0.29, 0.717) is 13.0 Å². The van der Waals surface area contributed by atoms with Crippen molar-refractivity contribution in [2.75, 3.05) is 18.1 Å². The molecule has 0 aromatic heterocycles. The molecule has 114 valence electrons. The smallest absolute Gasteiger partial charge is 0.250 e. The van der Waals surface area contributed by atoms with Crippen molar-refractivity contribution in [3.05, 3.63) is 35.9 Å². The van der Waals surface area contributed by atoms with E-state index in [1.165, 1.54) is 0 Å². The third kappa shape index (κ3) is 4.00. The minimum Gasteiger partial charge on any atom is -0.340 e. The van der Waals surface area contributed by atoms with Gasteiger partial charge in [0.15, 0.2) is 0 Å². The lowest BCUT2D eigenvalue weighted by atomic mass is 10.1. The van der Waals surface area contributed by atoms with Gasteiger partial charge >= 0.3 is 0 Å². The second-order valence-electron chi connectivity index (χ2n) is 5.19. The van der Waals surface area contributed by atoms with Crippen LogP contribution in [-0.2, 0) is 9.59 Å². The van der Waals surface area contributed by atoms with E-state index in [4.69, 9.17) is 0 Å². The van der Waals surface area contributed by atoms with Crippen molar-refractivity contribution in [1.29, 1.82) is 0 Å². The van der Waals surface area contributed by atoms with Crippen LogP contribution in [0, 0.1) is 0 Å². The first-order valence-electron chi connectivity index (χ1n) is 7.36. The topological polar surface area (TPSA) is 49.4 Å². The Bertz CT molecular complexity index is 492. The molecule has 1 aliphatic rings. The molecule has 1 saturated heterocycles. The third-order valence-corrected chi connectivity index (χ3v) is 4.54. The lowest BCUT2D eigenvalue weighted by Crippen LogP contribution is -2.42. The summed E-state index contributed by atoms with van der Waals surface area (Å²) >= 11 is 1.81. The number of benzene rings is 1. The lowest BCUT2D eigenvalue weighted by molar-refractivity contribution is -0.134. The number of carbonyl (C=O) groups is 2. The van der Waals surface area contributed by atoms with E-state index in [1.54, 1.807) is 0 Å². The monoisotopic (exact) mass is 306 g/mol. The van der Waals surface area contributed by atoms with Crippen LogP contribution in [0.2, 0.25) is 0 Å². The van der Waals surface area contributed by atoms with Gasteiger partial charge in [0.05, 0.1) is 0 Å². The Morgan fingerprint density at radius 2 is 2.00 bits per heavy atom. The Hall–Kier alpha value is -1.49. The third-order valence-electron chi connectivity index (χ3n) is 3.66. The van der Waals surface area contributed by atoms with Crippen LogP contribution in [0.4, 0.5) is 0 Å². The van der Waals surface area contributed by atoms with Gasteiger partial charge in [-0.1, -0.05) is 37.3 Å². The van der Waals surface area contributed by atoms with Crippen molar-refractivity contribution in [2.24, 2.45) is 0 Å². The minimum absolute atomic E-state index is 0.00347. The number of amides is 2. The van der Waals surface area contributed by atoms with Gasteiger partial charge in [0.1, 0.15) is 6.04 Å². The number of nitrogens with zero attached hydrogens (tertiary/aromatic N) is 1. The van der Waals surface area contributed by atoms with Gasteiger partial charge in [-0.2, -0.15) is 11.8 Å². The van der Waals surface area contributed by atoms with Crippen LogP contribution >= 0.6 is 11.8 Å². The Labute approximate surface area is 130 Å². The highest BCUT2D eigenvalue weighted by atomic mass is 32.2. The van der Waals surface area contributed by atoms with E-state index in [9.17, 15) is 9.59 Å². The lowest BCUT2D eigenvalue weighted by Gasteiger charge is -2.28. The fraction of sp³-hybridized carbons (Fsp3) is 0.500. The van der Waals surface area contributed by atoms with Gasteiger partial charge in [-0.25, -0.2) is 0 Å². The van der Waals surface area contributed by atoms with Gasteiger partial charge in [-0.3, -0.25) is 9.59 Å². The molecule has 1 aromatic carbocycles. The maximum atomic E-state index is 12.8. The molecule has 1 aromatic rings. The summed E-state index contributed by atoms with van der Waals surface area (Å²) < 4.78 is 0. The standard InChI is InChI=1S/C16H22N2O2S/c1-3-21-10-9-18-12(2)11-14(19)17-15(16(18)20)13-7-5-4-6-8-13/h4-8,12,15H,3,9-11H2,1-2H3,(H,17,19). The van der Waals surface area contributed by atoms with E-state index in [1.807, 2.05) is 53.9 Å². The van der Waals surface area contributed by atoms with Crippen LogP contribution in [0.1, 0.15) is 31.9 Å². The molecule has 0 bridgehead atoms. The maximum absolute atomic E-state index is 12.8. The summed E-state index contributed by atoms with van der Waals surface area (Å²) in [5.74, 6) is 1.88. The number of rotatable bonds is 5. The Balaban J connectivity index is 2.20. The molecule has 5 heteroatoms. The zero-order valence-electron chi connectivity index (χ0n) is 12.5. The fourth-order valence-electron chi connectivity index (χ4n) is 2.55. The van der Waals surface area contributed by atoms with E-state index in [-0.39, 0.29) is 17.9 Å². The molecular weight excluding hydrogens is 284 g/mol. The first-order chi connectivity index (χ1) is 10.1. The van der Waals surface area contributed by atoms with E-state index < -0.39 is 6.04 Å². The summed E-state index contributed by atoms with van der Waals surface area (Å²) in [6.45, 7) is 4.74. The second kappa shape index (κ2) is 7.50. The van der Waals surface area contributed by atoms with E-state index in [2.05, 4.69) is 12.2 Å². The fourth-order valence-corrected chi connectivity index (χ4v) is 3.17. The Morgan fingerprint density at radius 1 is 1.29 bits per heavy atom. The molecule has 0 aliphatic carbocycles. The van der Waals surface area contributed by atoms with Crippen LogP contribution in [0.25, 0.3) is 0 Å². The van der Waals surface area contributed by atoms with Gasteiger partial charge in [0.25, 0.3) is 0 Å². The zero-order chi connectivity index (χ0) is 15.2. The summed E-state index contributed by atoms with van der Waals surface area (Å²) in [5, 5.41) is 2.86. The normalized spacial score (nSPS) is 22.9. The van der Waals surface area contributed by atoms with Crippen LogP contribution < -0.4 is 5.32 Å². The van der Waals surface area contributed by atoms with E-state index in [0.717, 1.165) is 17.1 Å².